The van der Waals surface area contributed by atoms with E-state index < -0.39 is 0 Å². The van der Waals surface area contributed by atoms with Crippen LogP contribution in [-0.4, -0.2) is 15.2 Å². The lowest BCUT2D eigenvalue weighted by Crippen LogP contribution is -1.90. The summed E-state index contributed by atoms with van der Waals surface area (Å²) in [7, 11) is 0. The highest BCUT2D eigenvalue weighted by Crippen LogP contribution is 2.19. The van der Waals surface area contributed by atoms with Crippen molar-refractivity contribution in [2.45, 2.75) is 17.3 Å². The van der Waals surface area contributed by atoms with Crippen LogP contribution in [-0.2, 0) is 12.2 Å². The molecule has 0 saturated carbocycles. The van der Waals surface area contributed by atoms with Crippen LogP contribution in [0.25, 0.3) is 0 Å². The van der Waals surface area contributed by atoms with Gasteiger partial charge in [-0.15, -0.1) is 0 Å². The third-order valence-corrected chi connectivity index (χ3v) is 4.19. The van der Waals surface area contributed by atoms with E-state index in [0.717, 1.165) is 27.3 Å². The van der Waals surface area contributed by atoms with Crippen molar-refractivity contribution in [1.82, 2.24) is 15.2 Å². The Bertz CT molecular complexity index is 695. The van der Waals surface area contributed by atoms with Crippen LogP contribution >= 0.6 is 23.4 Å². The number of rotatable bonds is 5. The highest BCUT2D eigenvalue weighted by atomic mass is 35.5. The van der Waals surface area contributed by atoms with E-state index >= 15 is 0 Å². The number of hydrogen-bond acceptors (Lipinski definition) is 3. The van der Waals surface area contributed by atoms with Gasteiger partial charge < -0.3 is 0 Å². The van der Waals surface area contributed by atoms with Crippen LogP contribution in [0.2, 0.25) is 5.02 Å². The second-order valence-corrected chi connectivity index (χ2v) is 6.03. The second-order valence-electron chi connectivity index (χ2n) is 4.63. The largest absolute Gasteiger partial charge is 0.254 e. The molecular weight excluding hydrogens is 302 g/mol. The quantitative estimate of drug-likeness (QED) is 0.712. The van der Waals surface area contributed by atoms with Crippen molar-refractivity contribution in [3.63, 3.8) is 0 Å². The van der Waals surface area contributed by atoms with Gasteiger partial charge in [0.1, 0.15) is 0 Å². The number of thioether (sulfide) groups is 1. The van der Waals surface area contributed by atoms with Crippen molar-refractivity contribution >= 4 is 23.4 Å². The fourth-order valence-electron chi connectivity index (χ4n) is 1.93. The molecule has 0 saturated heterocycles. The van der Waals surface area contributed by atoms with Crippen LogP contribution in [0, 0.1) is 0 Å². The Hall–Kier alpha value is -1.78. The lowest BCUT2D eigenvalue weighted by Gasteiger charge is -1.98. The number of nitrogens with one attached hydrogen (secondary N) is 1. The molecule has 106 valence electrons. The molecule has 0 aliphatic heterocycles. The Balaban J connectivity index is 1.59. The van der Waals surface area contributed by atoms with Gasteiger partial charge in [0.2, 0.25) is 0 Å². The molecule has 0 spiro atoms. The van der Waals surface area contributed by atoms with Gasteiger partial charge in [-0.05, 0) is 23.3 Å². The Kier molecular flexibility index (Phi) is 4.58. The van der Waals surface area contributed by atoms with Gasteiger partial charge in [-0.2, -0.15) is 5.10 Å². The van der Waals surface area contributed by atoms with Crippen molar-refractivity contribution < 1.29 is 0 Å². The second kappa shape index (κ2) is 6.78. The van der Waals surface area contributed by atoms with Crippen LogP contribution in [0.5, 0.6) is 0 Å². The molecule has 1 aromatic heterocycles. The fraction of sp³-hybridized carbons (Fsp3) is 0.125. The Morgan fingerprint density at radius 1 is 0.952 bits per heavy atom. The van der Waals surface area contributed by atoms with E-state index in [-0.39, 0.29) is 0 Å². The van der Waals surface area contributed by atoms with Crippen molar-refractivity contribution in [1.29, 1.82) is 0 Å². The average Bonchev–Trinajstić information content (AvgIpc) is 2.96. The minimum absolute atomic E-state index is 0.708. The first-order chi connectivity index (χ1) is 10.3. The summed E-state index contributed by atoms with van der Waals surface area (Å²) in [6.07, 6.45) is 0.708. The van der Waals surface area contributed by atoms with Crippen LogP contribution < -0.4 is 0 Å². The summed E-state index contributed by atoms with van der Waals surface area (Å²) in [5.74, 6) is 1.68. The highest BCUT2D eigenvalue weighted by molar-refractivity contribution is 7.98. The molecule has 3 aromatic rings. The highest BCUT2D eigenvalue weighted by Gasteiger charge is 2.05. The monoisotopic (exact) mass is 315 g/mol. The zero-order chi connectivity index (χ0) is 14.5. The van der Waals surface area contributed by atoms with Gasteiger partial charge in [0.05, 0.1) is 0 Å². The first-order valence-electron chi connectivity index (χ1n) is 6.62. The molecule has 5 heteroatoms. The molecule has 1 heterocycles. The maximum absolute atomic E-state index is 5.88. The van der Waals surface area contributed by atoms with E-state index in [4.69, 9.17) is 11.6 Å². The molecule has 0 unspecified atom stereocenters. The number of aromatic nitrogens is 3. The van der Waals surface area contributed by atoms with Gasteiger partial charge >= 0.3 is 0 Å². The van der Waals surface area contributed by atoms with Crippen LogP contribution in [0.15, 0.2) is 59.8 Å². The summed E-state index contributed by atoms with van der Waals surface area (Å²) < 4.78 is 0. The molecule has 0 bridgehead atoms. The summed E-state index contributed by atoms with van der Waals surface area (Å²) in [6, 6.07) is 18.1. The predicted octanol–water partition coefficient (Wildman–Crippen LogP) is 4.34. The maximum Gasteiger partial charge on any atom is 0.184 e. The zero-order valence-corrected chi connectivity index (χ0v) is 12.9. The SMILES string of the molecule is Clc1ccc(Cc2n[nH]c(SCc3ccccc3)n2)cc1. The Labute approximate surface area is 132 Å². The van der Waals surface area contributed by atoms with Crippen molar-refractivity contribution in [3.05, 3.63) is 76.6 Å². The summed E-state index contributed by atoms with van der Waals surface area (Å²) in [6.45, 7) is 0. The number of H-pyrrole nitrogens is 1. The average molecular weight is 316 g/mol. The van der Waals surface area contributed by atoms with Gasteiger partial charge in [-0.3, -0.25) is 5.10 Å². The lowest BCUT2D eigenvalue weighted by atomic mass is 10.1. The molecule has 2 aromatic carbocycles. The third-order valence-electron chi connectivity index (χ3n) is 3.01. The number of aromatic amines is 1. The third kappa shape index (κ3) is 4.09. The van der Waals surface area contributed by atoms with E-state index in [2.05, 4.69) is 27.3 Å². The molecule has 0 radical (unpaired) electrons. The van der Waals surface area contributed by atoms with Gasteiger partial charge in [-0.25, -0.2) is 4.98 Å². The summed E-state index contributed by atoms with van der Waals surface area (Å²) in [5, 5.41) is 8.83. The van der Waals surface area contributed by atoms with Crippen molar-refractivity contribution in [2.24, 2.45) is 0 Å². The van der Waals surface area contributed by atoms with E-state index in [1.165, 1.54) is 5.56 Å². The van der Waals surface area contributed by atoms with Gasteiger partial charge in [0.15, 0.2) is 11.0 Å². The van der Waals surface area contributed by atoms with E-state index in [9.17, 15) is 0 Å². The number of halogens is 1. The van der Waals surface area contributed by atoms with Gasteiger partial charge in [0.25, 0.3) is 0 Å². The maximum atomic E-state index is 5.88. The van der Waals surface area contributed by atoms with Crippen molar-refractivity contribution in [2.75, 3.05) is 0 Å². The van der Waals surface area contributed by atoms with E-state index in [0.29, 0.717) is 6.42 Å². The molecule has 21 heavy (non-hydrogen) atoms. The normalized spacial score (nSPS) is 10.7. The standard InChI is InChI=1S/C16H14ClN3S/c17-14-8-6-12(7-9-14)10-15-18-16(20-19-15)21-11-13-4-2-1-3-5-13/h1-9H,10-11H2,(H,18,19,20). The molecule has 0 amide bonds. The minimum atomic E-state index is 0.708. The molecule has 0 atom stereocenters. The molecule has 0 fully saturated rings. The summed E-state index contributed by atoms with van der Waals surface area (Å²) >= 11 is 7.53. The number of benzene rings is 2. The topological polar surface area (TPSA) is 41.6 Å². The van der Waals surface area contributed by atoms with Crippen LogP contribution in [0.4, 0.5) is 0 Å². The number of hydrogen-bond donors (Lipinski definition) is 1. The van der Waals surface area contributed by atoms with Gasteiger partial charge in [0, 0.05) is 17.2 Å². The first kappa shape index (κ1) is 14.2. The van der Waals surface area contributed by atoms with Crippen molar-refractivity contribution in [3.8, 4) is 0 Å². The molecule has 1 N–H and O–H groups in total. The number of nitrogens with zero attached hydrogens (tertiary/aromatic N) is 2. The smallest absolute Gasteiger partial charge is 0.184 e. The lowest BCUT2D eigenvalue weighted by molar-refractivity contribution is 0.956. The Morgan fingerprint density at radius 2 is 1.71 bits per heavy atom. The Morgan fingerprint density at radius 3 is 2.48 bits per heavy atom. The van der Waals surface area contributed by atoms with Crippen LogP contribution in [0.1, 0.15) is 17.0 Å². The molecule has 3 rings (SSSR count). The first-order valence-corrected chi connectivity index (χ1v) is 7.98. The zero-order valence-electron chi connectivity index (χ0n) is 11.3. The molecular formula is C16H14ClN3S. The predicted molar refractivity (Wildman–Crippen MR) is 86.6 cm³/mol. The van der Waals surface area contributed by atoms with Gasteiger partial charge in [-0.1, -0.05) is 65.8 Å². The molecule has 0 aliphatic carbocycles. The summed E-state index contributed by atoms with van der Waals surface area (Å²) in [4.78, 5) is 4.51. The fourth-order valence-corrected chi connectivity index (χ4v) is 2.84. The van der Waals surface area contributed by atoms with E-state index in [1.807, 2.05) is 42.5 Å². The van der Waals surface area contributed by atoms with Crippen LogP contribution in [0.3, 0.4) is 0 Å². The molecule has 0 aliphatic rings. The molecule has 3 nitrogen and oxygen atoms in total. The summed E-state index contributed by atoms with van der Waals surface area (Å²) in [5.41, 5.74) is 2.43. The van der Waals surface area contributed by atoms with E-state index in [1.54, 1.807) is 11.8 Å². The minimum Gasteiger partial charge on any atom is -0.254 e.